The molecule has 7 heteroatoms. The summed E-state index contributed by atoms with van der Waals surface area (Å²) in [5, 5.41) is 0.780. The number of H-pyrrole nitrogens is 1. The molecule has 6 nitrogen and oxygen atoms in total. The molecule has 0 aliphatic heterocycles. The average Bonchev–Trinajstić information content (AvgIpc) is 2.99. The van der Waals surface area contributed by atoms with Crippen LogP contribution in [-0.2, 0) is 16.4 Å². The number of aryl methyl sites for hydroxylation is 2. The Bertz CT molecular complexity index is 1220. The van der Waals surface area contributed by atoms with Gasteiger partial charge in [-0.2, -0.15) is 0 Å². The molecule has 0 radical (unpaired) electrons. The first-order valence-electron chi connectivity index (χ1n) is 9.08. The van der Waals surface area contributed by atoms with E-state index in [0.29, 0.717) is 34.3 Å². The number of carbonyl (C=O) groups is 2. The summed E-state index contributed by atoms with van der Waals surface area (Å²) in [5.74, 6) is 0.0205. The lowest BCUT2D eigenvalue weighted by Gasteiger charge is -2.12. The van der Waals surface area contributed by atoms with E-state index in [1.165, 1.54) is 6.92 Å². The van der Waals surface area contributed by atoms with Crippen LogP contribution in [0.3, 0.4) is 0 Å². The van der Waals surface area contributed by atoms with Crippen molar-refractivity contribution in [3.05, 3.63) is 58.8 Å². The molecule has 0 unspecified atom stereocenters. The van der Waals surface area contributed by atoms with Gasteiger partial charge >= 0.3 is 0 Å². The molecule has 1 heterocycles. The zero-order chi connectivity index (χ0) is 20.1. The van der Waals surface area contributed by atoms with Crippen molar-refractivity contribution in [1.29, 1.82) is 0 Å². The zero-order valence-corrected chi connectivity index (χ0v) is 16.4. The standard InChI is InChI=1S/C21H20N2O4S/c1-12-10-16-18(22-17-4-3-5-19(25)21(16)17)11-20(12)28(26,27)23-15-8-6-14(7-9-15)13(2)24/h6-11,22-23H,3-5H2,1-2H3. The lowest BCUT2D eigenvalue weighted by molar-refractivity contribution is 0.0972. The van der Waals surface area contributed by atoms with Gasteiger partial charge in [-0.1, -0.05) is 0 Å². The van der Waals surface area contributed by atoms with E-state index in [-0.39, 0.29) is 16.5 Å². The number of aromatic nitrogens is 1. The summed E-state index contributed by atoms with van der Waals surface area (Å²) in [6.45, 7) is 3.18. The van der Waals surface area contributed by atoms with E-state index in [1.54, 1.807) is 43.3 Å². The van der Waals surface area contributed by atoms with Crippen LogP contribution in [-0.4, -0.2) is 25.0 Å². The smallest absolute Gasteiger partial charge is 0.262 e. The third kappa shape index (κ3) is 3.11. The maximum absolute atomic E-state index is 12.9. The van der Waals surface area contributed by atoms with Gasteiger partial charge in [0, 0.05) is 39.8 Å². The van der Waals surface area contributed by atoms with E-state index in [1.807, 2.05) is 0 Å². The van der Waals surface area contributed by atoms with Crippen LogP contribution in [0.2, 0.25) is 0 Å². The second-order valence-electron chi connectivity index (χ2n) is 7.16. The van der Waals surface area contributed by atoms with Crippen molar-refractivity contribution in [3.63, 3.8) is 0 Å². The van der Waals surface area contributed by atoms with Crippen LogP contribution in [0.4, 0.5) is 5.69 Å². The molecule has 0 bridgehead atoms. The number of hydrogen-bond donors (Lipinski definition) is 2. The molecule has 0 atom stereocenters. The third-order valence-electron chi connectivity index (χ3n) is 5.11. The van der Waals surface area contributed by atoms with E-state index >= 15 is 0 Å². The fourth-order valence-corrected chi connectivity index (χ4v) is 5.03. The minimum Gasteiger partial charge on any atom is -0.358 e. The number of hydrogen-bond acceptors (Lipinski definition) is 4. The topological polar surface area (TPSA) is 96.1 Å². The van der Waals surface area contributed by atoms with Gasteiger partial charge < -0.3 is 4.98 Å². The van der Waals surface area contributed by atoms with Crippen molar-refractivity contribution in [3.8, 4) is 0 Å². The van der Waals surface area contributed by atoms with E-state index in [0.717, 1.165) is 23.9 Å². The van der Waals surface area contributed by atoms with Crippen molar-refractivity contribution in [1.82, 2.24) is 4.98 Å². The number of benzene rings is 2. The highest BCUT2D eigenvalue weighted by molar-refractivity contribution is 7.92. The minimum atomic E-state index is -3.82. The Balaban J connectivity index is 1.74. The van der Waals surface area contributed by atoms with Gasteiger partial charge in [-0.3, -0.25) is 14.3 Å². The van der Waals surface area contributed by atoms with Gasteiger partial charge in [-0.25, -0.2) is 8.42 Å². The summed E-state index contributed by atoms with van der Waals surface area (Å²) in [5.41, 5.74) is 3.69. The summed E-state index contributed by atoms with van der Waals surface area (Å²) < 4.78 is 28.4. The molecule has 4 rings (SSSR count). The van der Waals surface area contributed by atoms with Gasteiger partial charge in [-0.15, -0.1) is 0 Å². The van der Waals surface area contributed by atoms with Gasteiger partial charge in [0.15, 0.2) is 11.6 Å². The highest BCUT2D eigenvalue weighted by atomic mass is 32.2. The molecule has 0 saturated carbocycles. The van der Waals surface area contributed by atoms with E-state index in [2.05, 4.69) is 9.71 Å². The molecule has 0 saturated heterocycles. The molecule has 1 aliphatic rings. The van der Waals surface area contributed by atoms with Crippen LogP contribution < -0.4 is 4.72 Å². The predicted octanol–water partition coefficient (Wildman–Crippen LogP) is 4.00. The molecule has 1 aromatic heterocycles. The SMILES string of the molecule is CC(=O)c1ccc(NS(=O)(=O)c2cc3[nH]c4c(c3cc2C)C(=O)CCC4)cc1. The van der Waals surface area contributed by atoms with Gasteiger partial charge in [-0.05, 0) is 68.7 Å². The van der Waals surface area contributed by atoms with Crippen molar-refractivity contribution in [2.75, 3.05) is 4.72 Å². The number of fused-ring (bicyclic) bond motifs is 3. The molecule has 0 fully saturated rings. The number of carbonyl (C=O) groups excluding carboxylic acids is 2. The Morgan fingerprint density at radius 2 is 1.82 bits per heavy atom. The normalized spacial score (nSPS) is 14.1. The highest BCUT2D eigenvalue weighted by Crippen LogP contribution is 2.32. The van der Waals surface area contributed by atoms with Gasteiger partial charge in [0.25, 0.3) is 10.0 Å². The first-order valence-corrected chi connectivity index (χ1v) is 10.6. The molecule has 0 amide bonds. The molecule has 144 valence electrons. The minimum absolute atomic E-state index is 0.0824. The third-order valence-corrected chi connectivity index (χ3v) is 6.64. The molecule has 28 heavy (non-hydrogen) atoms. The maximum atomic E-state index is 12.9. The van der Waals surface area contributed by atoms with Crippen molar-refractivity contribution < 1.29 is 18.0 Å². The zero-order valence-electron chi connectivity index (χ0n) is 15.6. The fourth-order valence-electron chi connectivity index (χ4n) is 3.72. The molecule has 3 aromatic rings. The van der Waals surface area contributed by atoms with Crippen LogP contribution in [0.25, 0.3) is 10.9 Å². The van der Waals surface area contributed by atoms with Crippen LogP contribution >= 0.6 is 0 Å². The average molecular weight is 396 g/mol. The Hall–Kier alpha value is -2.93. The molecule has 0 spiro atoms. The quantitative estimate of drug-likeness (QED) is 0.652. The summed E-state index contributed by atoms with van der Waals surface area (Å²) in [7, 11) is -3.82. The molecular formula is C21H20N2O4S. The summed E-state index contributed by atoms with van der Waals surface area (Å²) in [6.07, 6.45) is 2.12. The summed E-state index contributed by atoms with van der Waals surface area (Å²) in [6, 6.07) is 9.65. The summed E-state index contributed by atoms with van der Waals surface area (Å²) >= 11 is 0. The lowest BCUT2D eigenvalue weighted by atomic mass is 9.94. The van der Waals surface area contributed by atoms with E-state index in [9.17, 15) is 18.0 Å². The first-order chi connectivity index (χ1) is 13.3. The summed E-state index contributed by atoms with van der Waals surface area (Å²) in [4.78, 5) is 27.0. The highest BCUT2D eigenvalue weighted by Gasteiger charge is 2.25. The Morgan fingerprint density at radius 1 is 1.11 bits per heavy atom. The number of anilines is 1. The van der Waals surface area contributed by atoms with E-state index in [4.69, 9.17) is 0 Å². The molecule has 2 aromatic carbocycles. The van der Waals surface area contributed by atoms with Gasteiger partial charge in [0.1, 0.15) is 0 Å². The number of nitrogens with one attached hydrogen (secondary N) is 2. The number of ketones is 2. The Kier molecular flexibility index (Phi) is 4.34. The number of sulfonamides is 1. The molecule has 2 N–H and O–H groups in total. The number of rotatable bonds is 4. The van der Waals surface area contributed by atoms with E-state index < -0.39 is 10.0 Å². The van der Waals surface area contributed by atoms with Crippen molar-refractivity contribution in [2.24, 2.45) is 0 Å². The predicted molar refractivity (Wildman–Crippen MR) is 108 cm³/mol. The molecule has 1 aliphatic carbocycles. The Labute approximate surface area is 163 Å². The van der Waals surface area contributed by atoms with Crippen LogP contribution in [0.5, 0.6) is 0 Å². The number of Topliss-reactive ketones (excluding diaryl/α,β-unsaturated/α-hetero) is 2. The monoisotopic (exact) mass is 396 g/mol. The van der Waals surface area contributed by atoms with Crippen molar-refractivity contribution in [2.45, 2.75) is 38.0 Å². The number of aromatic amines is 1. The van der Waals surface area contributed by atoms with Crippen LogP contribution in [0.1, 0.15) is 51.7 Å². The van der Waals surface area contributed by atoms with Gasteiger partial charge in [0.05, 0.1) is 4.90 Å². The molecular weight excluding hydrogens is 376 g/mol. The maximum Gasteiger partial charge on any atom is 0.262 e. The van der Waals surface area contributed by atoms with Crippen molar-refractivity contribution >= 4 is 38.2 Å². The Morgan fingerprint density at radius 3 is 2.50 bits per heavy atom. The second-order valence-corrected chi connectivity index (χ2v) is 8.81. The van der Waals surface area contributed by atoms with Gasteiger partial charge in [0.2, 0.25) is 0 Å². The lowest BCUT2D eigenvalue weighted by Crippen LogP contribution is -2.14. The second kappa shape index (κ2) is 6.60. The fraction of sp³-hybridized carbons (Fsp3) is 0.238. The largest absolute Gasteiger partial charge is 0.358 e. The first kappa shape index (κ1) is 18.4. The van der Waals surface area contributed by atoms with Crippen LogP contribution in [0, 0.1) is 6.92 Å². The van der Waals surface area contributed by atoms with Crippen LogP contribution in [0.15, 0.2) is 41.3 Å².